The second-order valence-electron chi connectivity index (χ2n) is 6.30. The summed E-state index contributed by atoms with van der Waals surface area (Å²) in [4.78, 5) is 14.7. The zero-order valence-corrected chi connectivity index (χ0v) is 13.5. The Morgan fingerprint density at radius 1 is 1.21 bits per heavy atom. The van der Waals surface area contributed by atoms with Crippen LogP contribution in [-0.4, -0.2) is 53.6 Å². The number of amides is 1. The van der Waals surface area contributed by atoms with Crippen LogP contribution in [0.15, 0.2) is 36.4 Å². The van der Waals surface area contributed by atoms with Gasteiger partial charge in [0, 0.05) is 24.6 Å². The Bertz CT molecular complexity index is 695. The van der Waals surface area contributed by atoms with Crippen molar-refractivity contribution in [2.75, 3.05) is 26.3 Å². The quantitative estimate of drug-likeness (QED) is 0.939. The molecule has 1 N–H and O–H groups in total. The van der Waals surface area contributed by atoms with Gasteiger partial charge in [0.1, 0.15) is 5.69 Å². The molecule has 2 aliphatic rings. The Morgan fingerprint density at radius 2 is 2.00 bits per heavy atom. The maximum Gasteiger partial charge on any atom is 0.271 e. The highest BCUT2D eigenvalue weighted by atomic mass is 16.7. The summed E-state index contributed by atoms with van der Waals surface area (Å²) in [5.74, 6) is 0.245. The van der Waals surface area contributed by atoms with Gasteiger partial charge in [0.25, 0.3) is 5.91 Å². The lowest BCUT2D eigenvalue weighted by atomic mass is 9.97. The summed E-state index contributed by atoms with van der Waals surface area (Å²) in [6.07, 6.45) is 1.84. The third kappa shape index (κ3) is 3.07. The molecule has 0 radical (unpaired) electrons. The van der Waals surface area contributed by atoms with E-state index in [0.29, 0.717) is 25.5 Å². The van der Waals surface area contributed by atoms with E-state index in [4.69, 9.17) is 9.47 Å². The number of piperidine rings is 1. The minimum atomic E-state index is -0.165. The summed E-state index contributed by atoms with van der Waals surface area (Å²) < 4.78 is 11.2. The summed E-state index contributed by atoms with van der Waals surface area (Å²) in [6.45, 7) is 2.73. The predicted octanol–water partition coefficient (Wildman–Crippen LogP) is 2.30. The van der Waals surface area contributed by atoms with Gasteiger partial charge in [-0.05, 0) is 18.9 Å². The van der Waals surface area contributed by atoms with Crippen LogP contribution in [0.1, 0.15) is 23.3 Å². The molecular weight excluding hydrogens is 306 g/mol. The summed E-state index contributed by atoms with van der Waals surface area (Å²) in [7, 11) is 0. The Morgan fingerprint density at radius 3 is 2.79 bits per heavy atom. The molecule has 2 aromatic rings. The highest BCUT2D eigenvalue weighted by Crippen LogP contribution is 2.26. The lowest BCUT2D eigenvalue weighted by molar-refractivity contribution is -0.0969. The third-order valence-corrected chi connectivity index (χ3v) is 4.66. The molecule has 6 heteroatoms. The van der Waals surface area contributed by atoms with Crippen molar-refractivity contribution < 1.29 is 14.3 Å². The number of H-pyrrole nitrogens is 1. The van der Waals surface area contributed by atoms with E-state index in [1.54, 1.807) is 0 Å². The van der Waals surface area contributed by atoms with Gasteiger partial charge in [-0.2, -0.15) is 5.10 Å². The number of carbonyl (C=O) groups is 1. The SMILES string of the molecule is O=C(c1cc(-c2ccccc2)n[nH]1)N1CCCC(C2OCCO2)C1. The van der Waals surface area contributed by atoms with Crippen molar-refractivity contribution in [1.82, 2.24) is 15.1 Å². The maximum atomic E-state index is 12.8. The first-order valence-electron chi connectivity index (χ1n) is 8.44. The average Bonchev–Trinajstić information content (AvgIpc) is 3.34. The molecule has 1 aromatic carbocycles. The van der Waals surface area contributed by atoms with Gasteiger partial charge in [-0.15, -0.1) is 0 Å². The van der Waals surface area contributed by atoms with Crippen molar-refractivity contribution in [2.24, 2.45) is 5.92 Å². The minimum Gasteiger partial charge on any atom is -0.350 e. The topological polar surface area (TPSA) is 67.5 Å². The molecule has 1 amide bonds. The van der Waals surface area contributed by atoms with Crippen LogP contribution in [0.3, 0.4) is 0 Å². The van der Waals surface area contributed by atoms with Crippen molar-refractivity contribution in [3.8, 4) is 11.3 Å². The Labute approximate surface area is 140 Å². The number of rotatable bonds is 3. The molecule has 0 spiro atoms. The number of hydrogen-bond donors (Lipinski definition) is 1. The van der Waals surface area contributed by atoms with Gasteiger partial charge in [-0.25, -0.2) is 0 Å². The Hall–Kier alpha value is -2.18. The summed E-state index contributed by atoms with van der Waals surface area (Å²) in [6, 6.07) is 11.7. The molecule has 1 unspecified atom stereocenters. The largest absolute Gasteiger partial charge is 0.350 e. The zero-order chi connectivity index (χ0) is 16.4. The average molecular weight is 327 g/mol. The molecule has 126 valence electrons. The number of hydrogen-bond acceptors (Lipinski definition) is 4. The Kier molecular flexibility index (Phi) is 4.32. The first-order chi connectivity index (χ1) is 11.8. The molecular formula is C18H21N3O3. The van der Waals surface area contributed by atoms with E-state index in [-0.39, 0.29) is 18.1 Å². The fourth-order valence-electron chi connectivity index (χ4n) is 3.42. The lowest BCUT2D eigenvalue weighted by Crippen LogP contribution is -2.44. The molecule has 0 aliphatic carbocycles. The molecule has 1 atom stereocenters. The molecule has 1 aromatic heterocycles. The normalized spacial score (nSPS) is 22.0. The maximum absolute atomic E-state index is 12.8. The van der Waals surface area contributed by atoms with E-state index in [0.717, 1.165) is 30.6 Å². The molecule has 2 aliphatic heterocycles. The predicted molar refractivity (Wildman–Crippen MR) is 88.3 cm³/mol. The monoisotopic (exact) mass is 327 g/mol. The Balaban J connectivity index is 1.46. The zero-order valence-electron chi connectivity index (χ0n) is 13.5. The number of nitrogens with one attached hydrogen (secondary N) is 1. The molecule has 2 saturated heterocycles. The van der Waals surface area contributed by atoms with Crippen LogP contribution in [-0.2, 0) is 9.47 Å². The molecule has 0 bridgehead atoms. The molecule has 0 saturated carbocycles. The van der Waals surface area contributed by atoms with Gasteiger partial charge < -0.3 is 14.4 Å². The second kappa shape index (κ2) is 6.75. The standard InChI is InChI=1S/C18H21N3O3/c22-17(16-11-15(19-20-16)13-5-2-1-3-6-13)21-8-4-7-14(12-21)18-23-9-10-24-18/h1-3,5-6,11,14,18H,4,7-10,12H2,(H,19,20). The number of ether oxygens (including phenoxy) is 2. The van der Waals surface area contributed by atoms with Crippen molar-refractivity contribution in [3.63, 3.8) is 0 Å². The molecule has 24 heavy (non-hydrogen) atoms. The smallest absolute Gasteiger partial charge is 0.271 e. The summed E-state index contributed by atoms with van der Waals surface area (Å²) >= 11 is 0. The molecule has 3 heterocycles. The van der Waals surface area contributed by atoms with Gasteiger partial charge in [-0.1, -0.05) is 30.3 Å². The van der Waals surface area contributed by atoms with Crippen LogP contribution in [0.4, 0.5) is 0 Å². The first-order valence-corrected chi connectivity index (χ1v) is 8.44. The van der Waals surface area contributed by atoms with E-state index >= 15 is 0 Å². The van der Waals surface area contributed by atoms with Crippen LogP contribution in [0.2, 0.25) is 0 Å². The molecule has 2 fully saturated rings. The second-order valence-corrected chi connectivity index (χ2v) is 6.30. The first kappa shape index (κ1) is 15.4. The van der Waals surface area contributed by atoms with E-state index in [2.05, 4.69) is 10.2 Å². The molecule has 6 nitrogen and oxygen atoms in total. The number of aromatic amines is 1. The summed E-state index contributed by atoms with van der Waals surface area (Å²) in [5, 5.41) is 7.16. The van der Waals surface area contributed by atoms with Gasteiger partial charge in [0.05, 0.1) is 18.9 Å². The fourth-order valence-corrected chi connectivity index (χ4v) is 3.42. The van der Waals surface area contributed by atoms with Crippen LogP contribution < -0.4 is 0 Å². The van der Waals surface area contributed by atoms with Crippen LogP contribution in [0.5, 0.6) is 0 Å². The van der Waals surface area contributed by atoms with E-state index in [9.17, 15) is 4.79 Å². The lowest BCUT2D eigenvalue weighted by Gasteiger charge is -2.34. The number of carbonyl (C=O) groups excluding carboxylic acids is 1. The fraction of sp³-hybridized carbons (Fsp3) is 0.444. The highest BCUT2D eigenvalue weighted by Gasteiger charge is 2.33. The van der Waals surface area contributed by atoms with E-state index < -0.39 is 0 Å². The van der Waals surface area contributed by atoms with Gasteiger partial charge in [-0.3, -0.25) is 9.89 Å². The van der Waals surface area contributed by atoms with Crippen molar-refractivity contribution in [2.45, 2.75) is 19.1 Å². The summed E-state index contributed by atoms with van der Waals surface area (Å²) in [5.41, 5.74) is 2.31. The van der Waals surface area contributed by atoms with E-state index in [1.807, 2.05) is 41.3 Å². The van der Waals surface area contributed by atoms with Crippen LogP contribution >= 0.6 is 0 Å². The van der Waals surface area contributed by atoms with Gasteiger partial charge in [0.2, 0.25) is 0 Å². The number of aromatic nitrogens is 2. The van der Waals surface area contributed by atoms with Crippen LogP contribution in [0, 0.1) is 5.92 Å². The third-order valence-electron chi connectivity index (χ3n) is 4.66. The molecule has 4 rings (SSSR count). The minimum absolute atomic E-state index is 0.00706. The van der Waals surface area contributed by atoms with E-state index in [1.165, 1.54) is 0 Å². The number of nitrogens with zero attached hydrogens (tertiary/aromatic N) is 2. The van der Waals surface area contributed by atoms with Crippen LogP contribution in [0.25, 0.3) is 11.3 Å². The van der Waals surface area contributed by atoms with Crippen molar-refractivity contribution in [1.29, 1.82) is 0 Å². The van der Waals surface area contributed by atoms with Gasteiger partial charge in [0.15, 0.2) is 6.29 Å². The van der Waals surface area contributed by atoms with Crippen molar-refractivity contribution in [3.05, 3.63) is 42.1 Å². The number of benzene rings is 1. The highest BCUT2D eigenvalue weighted by molar-refractivity contribution is 5.93. The van der Waals surface area contributed by atoms with Gasteiger partial charge >= 0.3 is 0 Å². The number of likely N-dealkylation sites (tertiary alicyclic amines) is 1. The van der Waals surface area contributed by atoms with Crippen molar-refractivity contribution >= 4 is 5.91 Å².